The Morgan fingerprint density at radius 3 is 2.72 bits per heavy atom. The molecule has 3 aromatic heterocycles. The second-order valence-electron chi connectivity index (χ2n) is 6.49. The maximum atomic E-state index is 12.5. The average molecular weight is 342 g/mol. The lowest BCUT2D eigenvalue weighted by Gasteiger charge is -2.12. The molecule has 0 saturated heterocycles. The molecule has 3 heterocycles. The van der Waals surface area contributed by atoms with Crippen LogP contribution in [0.1, 0.15) is 53.1 Å². The zero-order valence-electron chi connectivity index (χ0n) is 14.7. The summed E-state index contributed by atoms with van der Waals surface area (Å²) in [7, 11) is 0. The lowest BCUT2D eigenvalue weighted by molar-refractivity contribution is 0.0949. The van der Waals surface area contributed by atoms with Gasteiger partial charge in [0.15, 0.2) is 11.5 Å². The molecule has 8 nitrogen and oxygen atoms in total. The summed E-state index contributed by atoms with van der Waals surface area (Å²) >= 11 is 0. The van der Waals surface area contributed by atoms with Gasteiger partial charge in [-0.3, -0.25) is 14.3 Å². The van der Waals surface area contributed by atoms with E-state index in [1.807, 2.05) is 27.7 Å². The van der Waals surface area contributed by atoms with Crippen LogP contribution in [-0.4, -0.2) is 35.8 Å². The Balaban J connectivity index is 1.83. The van der Waals surface area contributed by atoms with Crippen LogP contribution in [0.15, 0.2) is 18.3 Å². The predicted molar refractivity (Wildman–Crippen MR) is 92.0 cm³/mol. The Morgan fingerprint density at radius 1 is 1.32 bits per heavy atom. The molecule has 25 heavy (non-hydrogen) atoms. The van der Waals surface area contributed by atoms with Crippen molar-refractivity contribution < 1.29 is 9.90 Å². The first-order valence-corrected chi connectivity index (χ1v) is 8.20. The Kier molecular flexibility index (Phi) is 4.54. The van der Waals surface area contributed by atoms with E-state index in [0.717, 1.165) is 17.0 Å². The molecule has 1 unspecified atom stereocenters. The molecule has 8 heteroatoms. The third-order valence-electron chi connectivity index (χ3n) is 4.29. The summed E-state index contributed by atoms with van der Waals surface area (Å²) in [5, 5.41) is 28.3. The van der Waals surface area contributed by atoms with E-state index in [-0.39, 0.29) is 11.8 Å². The smallest absolute Gasteiger partial charge is 0.253 e. The van der Waals surface area contributed by atoms with Gasteiger partial charge >= 0.3 is 0 Å². The van der Waals surface area contributed by atoms with Crippen molar-refractivity contribution in [2.75, 3.05) is 0 Å². The molecule has 1 atom stereocenters. The highest BCUT2D eigenvalue weighted by Crippen LogP contribution is 2.20. The summed E-state index contributed by atoms with van der Waals surface area (Å²) in [4.78, 5) is 12.5. The van der Waals surface area contributed by atoms with Crippen LogP contribution in [0.3, 0.4) is 0 Å². The zero-order valence-corrected chi connectivity index (χ0v) is 14.7. The highest BCUT2D eigenvalue weighted by molar-refractivity contribution is 5.94. The average Bonchev–Trinajstić information content (AvgIpc) is 3.15. The van der Waals surface area contributed by atoms with E-state index >= 15 is 0 Å². The van der Waals surface area contributed by atoms with Crippen LogP contribution in [0, 0.1) is 19.8 Å². The summed E-state index contributed by atoms with van der Waals surface area (Å²) < 4.78 is 1.66. The molecule has 1 amide bonds. The summed E-state index contributed by atoms with van der Waals surface area (Å²) in [6, 6.07) is 3.41. The SMILES string of the molecule is Cc1n[nH]c(C)c1CNC(=O)c1ccc2nnc(C(O)C(C)C)n2c1. The van der Waals surface area contributed by atoms with Gasteiger partial charge < -0.3 is 10.4 Å². The molecule has 3 aromatic rings. The molecular formula is C17H22N6O2. The van der Waals surface area contributed by atoms with Crippen molar-refractivity contribution in [3.8, 4) is 0 Å². The molecule has 0 saturated carbocycles. The first-order valence-electron chi connectivity index (χ1n) is 8.20. The fraction of sp³-hybridized carbons (Fsp3) is 0.412. The molecule has 0 bridgehead atoms. The highest BCUT2D eigenvalue weighted by atomic mass is 16.3. The number of pyridine rings is 1. The van der Waals surface area contributed by atoms with Gasteiger partial charge in [0.1, 0.15) is 6.10 Å². The first-order chi connectivity index (χ1) is 11.9. The van der Waals surface area contributed by atoms with Crippen molar-refractivity contribution in [1.29, 1.82) is 0 Å². The number of nitrogens with zero attached hydrogens (tertiary/aromatic N) is 4. The number of fused-ring (bicyclic) bond motifs is 1. The van der Waals surface area contributed by atoms with Gasteiger partial charge in [-0.2, -0.15) is 5.10 Å². The minimum absolute atomic E-state index is 0.00285. The van der Waals surface area contributed by atoms with Gasteiger partial charge in [0, 0.05) is 24.0 Å². The predicted octanol–water partition coefficient (Wildman–Crippen LogP) is 1.69. The highest BCUT2D eigenvalue weighted by Gasteiger charge is 2.19. The fourth-order valence-corrected chi connectivity index (χ4v) is 2.65. The van der Waals surface area contributed by atoms with Gasteiger partial charge in [-0.1, -0.05) is 13.8 Å². The summed E-state index contributed by atoms with van der Waals surface area (Å²) in [5.41, 5.74) is 3.86. The van der Waals surface area contributed by atoms with Crippen molar-refractivity contribution >= 4 is 11.6 Å². The number of aliphatic hydroxyl groups is 1. The fourth-order valence-electron chi connectivity index (χ4n) is 2.65. The van der Waals surface area contributed by atoms with E-state index < -0.39 is 6.10 Å². The molecule has 132 valence electrons. The number of hydrogen-bond donors (Lipinski definition) is 3. The van der Waals surface area contributed by atoms with E-state index in [4.69, 9.17) is 0 Å². The standard InChI is InChI=1S/C17H22N6O2/c1-9(2)15(24)16-22-21-14-6-5-12(8-23(14)16)17(25)18-7-13-10(3)19-20-11(13)4/h5-6,8-9,15,24H,7H2,1-4H3,(H,18,25)(H,19,20). The van der Waals surface area contributed by atoms with E-state index in [2.05, 4.69) is 25.7 Å². The number of H-pyrrole nitrogens is 1. The van der Waals surface area contributed by atoms with Gasteiger partial charge in [-0.05, 0) is 31.9 Å². The van der Waals surface area contributed by atoms with Gasteiger partial charge in [0.2, 0.25) is 0 Å². The van der Waals surface area contributed by atoms with Crippen molar-refractivity contribution in [2.45, 2.75) is 40.3 Å². The molecule has 0 spiro atoms. The number of aryl methyl sites for hydroxylation is 2. The maximum Gasteiger partial charge on any atom is 0.253 e. The van der Waals surface area contributed by atoms with E-state index in [0.29, 0.717) is 23.6 Å². The summed E-state index contributed by atoms with van der Waals surface area (Å²) in [6.07, 6.45) is 0.908. The van der Waals surface area contributed by atoms with Crippen LogP contribution in [-0.2, 0) is 6.54 Å². The Bertz CT molecular complexity index is 892. The number of carbonyl (C=O) groups excluding carboxylic acids is 1. The van der Waals surface area contributed by atoms with Crippen LogP contribution in [0.5, 0.6) is 0 Å². The quantitative estimate of drug-likeness (QED) is 0.654. The molecule has 0 aliphatic carbocycles. The number of rotatable bonds is 5. The first kappa shape index (κ1) is 17.1. The second-order valence-corrected chi connectivity index (χ2v) is 6.49. The van der Waals surface area contributed by atoms with Gasteiger partial charge in [0.25, 0.3) is 5.91 Å². The number of aromatic amines is 1. The summed E-state index contributed by atoms with van der Waals surface area (Å²) in [5.74, 6) is 0.221. The lowest BCUT2D eigenvalue weighted by atomic mass is 10.1. The van der Waals surface area contributed by atoms with Gasteiger partial charge in [0.05, 0.1) is 11.3 Å². The number of carbonyl (C=O) groups is 1. The third kappa shape index (κ3) is 3.25. The van der Waals surface area contributed by atoms with Gasteiger partial charge in [-0.25, -0.2) is 0 Å². The number of hydrogen-bond acceptors (Lipinski definition) is 5. The number of aromatic nitrogens is 5. The largest absolute Gasteiger partial charge is 0.385 e. The van der Waals surface area contributed by atoms with Crippen LogP contribution in [0.25, 0.3) is 5.65 Å². The maximum absolute atomic E-state index is 12.5. The van der Waals surface area contributed by atoms with E-state index in [1.165, 1.54) is 0 Å². The van der Waals surface area contributed by atoms with Crippen LogP contribution in [0.2, 0.25) is 0 Å². The second kappa shape index (κ2) is 6.64. The van der Waals surface area contributed by atoms with Crippen LogP contribution >= 0.6 is 0 Å². The minimum atomic E-state index is -0.746. The Hall–Kier alpha value is -2.74. The number of amides is 1. The van der Waals surface area contributed by atoms with E-state index in [9.17, 15) is 9.90 Å². The molecule has 0 radical (unpaired) electrons. The molecule has 0 aromatic carbocycles. The van der Waals surface area contributed by atoms with Crippen molar-refractivity contribution in [2.24, 2.45) is 5.92 Å². The van der Waals surface area contributed by atoms with Crippen molar-refractivity contribution in [3.05, 3.63) is 46.7 Å². The van der Waals surface area contributed by atoms with Crippen molar-refractivity contribution in [1.82, 2.24) is 30.1 Å². The van der Waals surface area contributed by atoms with Crippen LogP contribution in [0.4, 0.5) is 0 Å². The molecule has 3 rings (SSSR count). The Labute approximate surface area is 145 Å². The zero-order chi connectivity index (χ0) is 18.1. The van der Waals surface area contributed by atoms with Crippen LogP contribution < -0.4 is 5.32 Å². The molecular weight excluding hydrogens is 320 g/mol. The van der Waals surface area contributed by atoms with Gasteiger partial charge in [-0.15, -0.1) is 10.2 Å². The number of aliphatic hydroxyl groups excluding tert-OH is 1. The normalized spacial score (nSPS) is 12.7. The molecule has 3 N–H and O–H groups in total. The van der Waals surface area contributed by atoms with Crippen molar-refractivity contribution in [3.63, 3.8) is 0 Å². The monoisotopic (exact) mass is 342 g/mol. The Morgan fingerprint density at radius 2 is 2.08 bits per heavy atom. The topological polar surface area (TPSA) is 108 Å². The molecule has 0 aliphatic rings. The number of nitrogens with one attached hydrogen (secondary N) is 2. The summed E-state index contributed by atoms with van der Waals surface area (Å²) in [6.45, 7) is 8.02. The molecule has 0 fully saturated rings. The molecule has 0 aliphatic heterocycles. The lowest BCUT2D eigenvalue weighted by Crippen LogP contribution is -2.23. The minimum Gasteiger partial charge on any atom is -0.385 e. The van der Waals surface area contributed by atoms with E-state index in [1.54, 1.807) is 22.7 Å². The third-order valence-corrected chi connectivity index (χ3v) is 4.29.